The van der Waals surface area contributed by atoms with Crippen molar-refractivity contribution in [3.05, 3.63) is 22.8 Å². The summed E-state index contributed by atoms with van der Waals surface area (Å²) in [4.78, 5) is 14.7. The van der Waals surface area contributed by atoms with E-state index in [9.17, 15) is 4.79 Å². The lowest BCUT2D eigenvalue weighted by Gasteiger charge is -2.02. The van der Waals surface area contributed by atoms with Gasteiger partial charge in [-0.05, 0) is 35.0 Å². The Hall–Kier alpha value is -0.900. The number of hydrogen-bond acceptors (Lipinski definition) is 3. The van der Waals surface area contributed by atoms with Crippen LogP contribution < -0.4 is 5.32 Å². The lowest BCUT2D eigenvalue weighted by Crippen LogP contribution is -2.06. The second kappa shape index (κ2) is 4.97. The molecule has 1 aromatic rings. The van der Waals surface area contributed by atoms with Gasteiger partial charge in [0, 0.05) is 23.6 Å². The van der Waals surface area contributed by atoms with Crippen LogP contribution in [0.2, 0.25) is 0 Å². The highest BCUT2D eigenvalue weighted by atomic mass is 79.9. The van der Waals surface area contributed by atoms with Crippen molar-refractivity contribution in [3.63, 3.8) is 0 Å². The molecule has 1 rings (SSSR count). The molecule has 0 radical (unpaired) electrons. The van der Waals surface area contributed by atoms with E-state index in [1.165, 1.54) is 0 Å². The average molecular weight is 243 g/mol. The Morgan fingerprint density at radius 2 is 2.38 bits per heavy atom. The highest BCUT2D eigenvalue weighted by molar-refractivity contribution is 9.10. The molecule has 0 bridgehead atoms. The molecule has 1 aromatic heterocycles. The minimum absolute atomic E-state index is 0.185. The van der Waals surface area contributed by atoms with E-state index < -0.39 is 0 Å². The van der Waals surface area contributed by atoms with Crippen LogP contribution in [0.4, 0.5) is 5.82 Å². The van der Waals surface area contributed by atoms with E-state index >= 15 is 0 Å². The van der Waals surface area contributed by atoms with Crippen LogP contribution >= 0.6 is 15.9 Å². The van der Waals surface area contributed by atoms with Crippen molar-refractivity contribution in [2.75, 3.05) is 11.9 Å². The molecule has 0 spiro atoms. The minimum Gasteiger partial charge on any atom is -0.370 e. The molecule has 0 saturated carbocycles. The molecule has 0 saturated heterocycles. The normalized spacial score (nSPS) is 9.69. The molecule has 13 heavy (non-hydrogen) atoms. The van der Waals surface area contributed by atoms with Crippen LogP contribution in [0.1, 0.15) is 13.3 Å². The van der Waals surface area contributed by atoms with Gasteiger partial charge in [0.15, 0.2) is 0 Å². The molecule has 0 unspecified atom stereocenters. The maximum Gasteiger partial charge on any atom is 0.131 e. The predicted octanol–water partition coefficient (Wildman–Crippen LogP) is 2.24. The fraction of sp³-hybridized carbons (Fsp3) is 0.333. The molecule has 3 nitrogen and oxygen atoms in total. The first-order valence-corrected chi connectivity index (χ1v) is 4.82. The molecule has 0 atom stereocenters. The molecule has 0 aromatic carbocycles. The maximum absolute atomic E-state index is 10.6. The van der Waals surface area contributed by atoms with Crippen molar-refractivity contribution in [2.45, 2.75) is 13.3 Å². The maximum atomic E-state index is 10.6. The standard InChI is InChI=1S/C9H11BrN2O/c1-7(13)4-5-11-9-3-2-8(10)6-12-9/h2-3,6H,4-5H2,1H3,(H,11,12). The Balaban J connectivity index is 2.37. The minimum atomic E-state index is 0.185. The number of ketones is 1. The summed E-state index contributed by atoms with van der Waals surface area (Å²) in [6, 6.07) is 3.77. The van der Waals surface area contributed by atoms with Crippen molar-refractivity contribution in [2.24, 2.45) is 0 Å². The molecular formula is C9H11BrN2O. The van der Waals surface area contributed by atoms with Crippen LogP contribution in [0.5, 0.6) is 0 Å². The van der Waals surface area contributed by atoms with Crippen molar-refractivity contribution < 1.29 is 4.79 Å². The molecule has 1 N–H and O–H groups in total. The van der Waals surface area contributed by atoms with Gasteiger partial charge >= 0.3 is 0 Å². The second-order valence-electron chi connectivity index (χ2n) is 2.74. The van der Waals surface area contributed by atoms with E-state index in [4.69, 9.17) is 0 Å². The highest BCUT2D eigenvalue weighted by Crippen LogP contribution is 2.10. The SMILES string of the molecule is CC(=O)CCNc1ccc(Br)cn1. The third kappa shape index (κ3) is 4.03. The van der Waals surface area contributed by atoms with Crippen molar-refractivity contribution in [1.29, 1.82) is 0 Å². The van der Waals surface area contributed by atoms with Crippen LogP contribution in [0.3, 0.4) is 0 Å². The number of rotatable bonds is 4. The summed E-state index contributed by atoms with van der Waals surface area (Å²) in [5.41, 5.74) is 0. The van der Waals surface area contributed by atoms with Crippen LogP contribution in [0, 0.1) is 0 Å². The molecule has 0 fully saturated rings. The van der Waals surface area contributed by atoms with E-state index in [1.807, 2.05) is 12.1 Å². The van der Waals surface area contributed by atoms with Crippen molar-refractivity contribution >= 4 is 27.5 Å². The Morgan fingerprint density at radius 3 is 2.92 bits per heavy atom. The van der Waals surface area contributed by atoms with Gasteiger partial charge in [-0.2, -0.15) is 0 Å². The summed E-state index contributed by atoms with van der Waals surface area (Å²) in [5, 5.41) is 3.05. The highest BCUT2D eigenvalue weighted by Gasteiger charge is 1.95. The number of Topliss-reactive ketones (excluding diaryl/α,β-unsaturated/α-hetero) is 1. The molecule has 0 aliphatic heterocycles. The van der Waals surface area contributed by atoms with Crippen LogP contribution in [-0.2, 0) is 4.79 Å². The van der Waals surface area contributed by atoms with Crippen LogP contribution in [-0.4, -0.2) is 17.3 Å². The number of hydrogen-bond donors (Lipinski definition) is 1. The Labute approximate surface area is 85.7 Å². The fourth-order valence-electron chi connectivity index (χ4n) is 0.847. The number of anilines is 1. The zero-order chi connectivity index (χ0) is 9.68. The molecule has 4 heteroatoms. The van der Waals surface area contributed by atoms with E-state index in [2.05, 4.69) is 26.2 Å². The molecule has 0 amide bonds. The quantitative estimate of drug-likeness (QED) is 0.881. The number of aromatic nitrogens is 1. The van der Waals surface area contributed by atoms with E-state index in [0.717, 1.165) is 10.3 Å². The van der Waals surface area contributed by atoms with Gasteiger partial charge in [0.05, 0.1) is 0 Å². The average Bonchev–Trinajstić information content (AvgIpc) is 2.08. The topological polar surface area (TPSA) is 42.0 Å². The van der Waals surface area contributed by atoms with Gasteiger partial charge in [0.2, 0.25) is 0 Å². The third-order valence-electron chi connectivity index (χ3n) is 1.51. The van der Waals surface area contributed by atoms with Gasteiger partial charge in [-0.25, -0.2) is 4.98 Å². The number of pyridine rings is 1. The number of nitrogens with one attached hydrogen (secondary N) is 1. The smallest absolute Gasteiger partial charge is 0.131 e. The molecule has 70 valence electrons. The zero-order valence-corrected chi connectivity index (χ0v) is 8.97. The second-order valence-corrected chi connectivity index (χ2v) is 3.66. The lowest BCUT2D eigenvalue weighted by molar-refractivity contribution is -0.116. The predicted molar refractivity (Wildman–Crippen MR) is 55.7 cm³/mol. The number of carbonyl (C=O) groups excluding carboxylic acids is 1. The number of nitrogens with zero attached hydrogens (tertiary/aromatic N) is 1. The van der Waals surface area contributed by atoms with Gasteiger partial charge in [0.25, 0.3) is 0 Å². The Bertz CT molecular complexity index is 284. The summed E-state index contributed by atoms with van der Waals surface area (Å²) in [5.74, 6) is 0.981. The van der Waals surface area contributed by atoms with Gasteiger partial charge in [-0.3, -0.25) is 4.79 Å². The Kier molecular flexibility index (Phi) is 3.89. The van der Waals surface area contributed by atoms with E-state index in [1.54, 1.807) is 13.1 Å². The van der Waals surface area contributed by atoms with Crippen LogP contribution in [0.15, 0.2) is 22.8 Å². The molecule has 0 aliphatic carbocycles. The largest absolute Gasteiger partial charge is 0.370 e. The third-order valence-corrected chi connectivity index (χ3v) is 1.98. The molecular weight excluding hydrogens is 232 g/mol. The van der Waals surface area contributed by atoms with E-state index in [0.29, 0.717) is 13.0 Å². The number of carbonyl (C=O) groups is 1. The first-order valence-electron chi connectivity index (χ1n) is 4.03. The van der Waals surface area contributed by atoms with Crippen molar-refractivity contribution in [1.82, 2.24) is 4.98 Å². The first-order chi connectivity index (χ1) is 6.18. The fourth-order valence-corrected chi connectivity index (χ4v) is 1.08. The Morgan fingerprint density at radius 1 is 1.62 bits per heavy atom. The zero-order valence-electron chi connectivity index (χ0n) is 7.38. The number of halogens is 1. The summed E-state index contributed by atoms with van der Waals surface area (Å²) in [7, 11) is 0. The molecule has 0 aliphatic rings. The van der Waals surface area contributed by atoms with Gasteiger partial charge in [-0.15, -0.1) is 0 Å². The molecule has 1 heterocycles. The van der Waals surface area contributed by atoms with Crippen LogP contribution in [0.25, 0.3) is 0 Å². The first kappa shape index (κ1) is 10.2. The van der Waals surface area contributed by atoms with E-state index in [-0.39, 0.29) is 5.78 Å². The monoisotopic (exact) mass is 242 g/mol. The van der Waals surface area contributed by atoms with Gasteiger partial charge in [-0.1, -0.05) is 0 Å². The summed E-state index contributed by atoms with van der Waals surface area (Å²) in [6.45, 7) is 2.22. The summed E-state index contributed by atoms with van der Waals surface area (Å²) in [6.07, 6.45) is 2.26. The van der Waals surface area contributed by atoms with Crippen molar-refractivity contribution in [3.8, 4) is 0 Å². The summed E-state index contributed by atoms with van der Waals surface area (Å²) >= 11 is 3.29. The van der Waals surface area contributed by atoms with Gasteiger partial charge < -0.3 is 5.32 Å². The summed E-state index contributed by atoms with van der Waals surface area (Å²) < 4.78 is 0.949. The van der Waals surface area contributed by atoms with Gasteiger partial charge in [0.1, 0.15) is 11.6 Å². The lowest BCUT2D eigenvalue weighted by atomic mass is 10.3.